The summed E-state index contributed by atoms with van der Waals surface area (Å²) in [5.41, 5.74) is 2.21. The minimum absolute atomic E-state index is 0.370. The van der Waals surface area contributed by atoms with E-state index in [0.717, 1.165) is 41.5 Å². The number of hydrogen-bond donors (Lipinski definition) is 2. The maximum Gasteiger partial charge on any atom is 0.210 e. The van der Waals surface area contributed by atoms with Crippen LogP contribution in [0.4, 0.5) is 10.8 Å². The van der Waals surface area contributed by atoms with Crippen molar-refractivity contribution >= 4 is 33.9 Å². The van der Waals surface area contributed by atoms with Crippen LogP contribution >= 0.6 is 23.1 Å². The van der Waals surface area contributed by atoms with Gasteiger partial charge in [-0.25, -0.2) is 0 Å². The SMILES string of the molecule is Cc1cccc(Nc2nnc(SCC(O)CN3CCOCC3)s2)c1. The molecule has 0 aliphatic carbocycles. The van der Waals surface area contributed by atoms with Gasteiger partial charge >= 0.3 is 0 Å². The number of aliphatic hydroxyl groups is 1. The van der Waals surface area contributed by atoms with E-state index in [1.54, 1.807) is 11.8 Å². The molecular weight excluding hydrogens is 344 g/mol. The maximum absolute atomic E-state index is 10.2. The second-order valence-electron chi connectivity index (χ2n) is 5.75. The quantitative estimate of drug-likeness (QED) is 0.729. The highest BCUT2D eigenvalue weighted by atomic mass is 32.2. The lowest BCUT2D eigenvalue weighted by atomic mass is 10.2. The van der Waals surface area contributed by atoms with Gasteiger partial charge in [0, 0.05) is 31.1 Å². The van der Waals surface area contributed by atoms with Gasteiger partial charge in [-0.2, -0.15) is 0 Å². The van der Waals surface area contributed by atoms with Crippen LogP contribution in [-0.2, 0) is 4.74 Å². The Morgan fingerprint density at radius 1 is 1.38 bits per heavy atom. The van der Waals surface area contributed by atoms with E-state index in [4.69, 9.17) is 4.74 Å². The van der Waals surface area contributed by atoms with Gasteiger partial charge in [-0.15, -0.1) is 10.2 Å². The molecule has 0 radical (unpaired) electrons. The van der Waals surface area contributed by atoms with Crippen LogP contribution < -0.4 is 5.32 Å². The molecule has 8 heteroatoms. The number of thioether (sulfide) groups is 1. The van der Waals surface area contributed by atoms with E-state index in [9.17, 15) is 5.11 Å². The van der Waals surface area contributed by atoms with Crippen molar-refractivity contribution < 1.29 is 9.84 Å². The van der Waals surface area contributed by atoms with Gasteiger partial charge in [-0.05, 0) is 24.6 Å². The van der Waals surface area contributed by atoms with Gasteiger partial charge in [-0.3, -0.25) is 4.90 Å². The zero-order valence-electron chi connectivity index (χ0n) is 13.6. The number of morpholine rings is 1. The second-order valence-corrected chi connectivity index (χ2v) is 7.99. The third-order valence-corrected chi connectivity index (χ3v) is 5.76. The van der Waals surface area contributed by atoms with Gasteiger partial charge < -0.3 is 15.2 Å². The highest BCUT2D eigenvalue weighted by molar-refractivity contribution is 8.01. The Bertz CT molecular complexity index is 647. The van der Waals surface area contributed by atoms with Gasteiger partial charge in [0.2, 0.25) is 5.13 Å². The van der Waals surface area contributed by atoms with Crippen LogP contribution in [0, 0.1) is 6.92 Å². The van der Waals surface area contributed by atoms with Gasteiger partial charge in [-0.1, -0.05) is 35.2 Å². The van der Waals surface area contributed by atoms with Crippen molar-refractivity contribution in [2.45, 2.75) is 17.4 Å². The number of nitrogens with one attached hydrogen (secondary N) is 1. The molecule has 6 nitrogen and oxygen atoms in total. The molecule has 2 N–H and O–H groups in total. The molecule has 1 aromatic carbocycles. The molecule has 2 aromatic rings. The molecule has 24 heavy (non-hydrogen) atoms. The highest BCUT2D eigenvalue weighted by Gasteiger charge is 2.16. The number of hydrogen-bond acceptors (Lipinski definition) is 8. The fourth-order valence-electron chi connectivity index (χ4n) is 2.47. The van der Waals surface area contributed by atoms with Crippen molar-refractivity contribution in [1.82, 2.24) is 15.1 Å². The lowest BCUT2D eigenvalue weighted by molar-refractivity contribution is 0.0188. The summed E-state index contributed by atoms with van der Waals surface area (Å²) in [5, 5.41) is 22.5. The molecule has 1 saturated heterocycles. The third-order valence-electron chi connectivity index (χ3n) is 3.65. The molecule has 130 valence electrons. The lowest BCUT2D eigenvalue weighted by Crippen LogP contribution is -2.41. The number of anilines is 2. The fourth-order valence-corrected chi connectivity index (χ4v) is 4.18. The van der Waals surface area contributed by atoms with Crippen molar-refractivity contribution in [1.29, 1.82) is 0 Å². The molecule has 1 unspecified atom stereocenters. The number of aryl methyl sites for hydroxylation is 1. The van der Waals surface area contributed by atoms with Crippen LogP contribution in [0.2, 0.25) is 0 Å². The summed E-state index contributed by atoms with van der Waals surface area (Å²) >= 11 is 3.06. The topological polar surface area (TPSA) is 70.5 Å². The van der Waals surface area contributed by atoms with Crippen LogP contribution in [0.15, 0.2) is 28.6 Å². The first kappa shape index (κ1) is 17.6. The Morgan fingerprint density at radius 3 is 3.00 bits per heavy atom. The van der Waals surface area contributed by atoms with E-state index in [0.29, 0.717) is 12.3 Å². The number of β-amino-alcohol motifs (C(OH)–C–C–N with tert-alkyl or cyclic N) is 1. The summed E-state index contributed by atoms with van der Waals surface area (Å²) in [6.45, 7) is 6.04. The van der Waals surface area contributed by atoms with E-state index in [1.165, 1.54) is 16.9 Å². The van der Waals surface area contributed by atoms with Crippen LogP contribution in [0.5, 0.6) is 0 Å². The van der Waals surface area contributed by atoms with Crippen LogP contribution in [0.25, 0.3) is 0 Å². The Morgan fingerprint density at radius 2 is 2.21 bits per heavy atom. The Balaban J connectivity index is 1.45. The minimum Gasteiger partial charge on any atom is -0.391 e. The van der Waals surface area contributed by atoms with Crippen molar-refractivity contribution in [3.63, 3.8) is 0 Å². The Hall–Kier alpha value is -1.19. The molecule has 3 rings (SSSR count). The summed E-state index contributed by atoms with van der Waals surface area (Å²) in [7, 11) is 0. The smallest absolute Gasteiger partial charge is 0.210 e. The largest absolute Gasteiger partial charge is 0.391 e. The molecule has 0 saturated carbocycles. The number of nitrogens with zero attached hydrogens (tertiary/aromatic N) is 3. The molecule has 2 heterocycles. The predicted octanol–water partition coefficient (Wildman–Crippen LogP) is 2.38. The van der Waals surface area contributed by atoms with Crippen molar-refractivity contribution in [3.8, 4) is 0 Å². The molecular formula is C16H22N4O2S2. The molecule has 0 spiro atoms. The second kappa shape index (κ2) is 8.77. The highest BCUT2D eigenvalue weighted by Crippen LogP contribution is 2.28. The van der Waals surface area contributed by atoms with E-state index in [2.05, 4.69) is 39.5 Å². The van der Waals surface area contributed by atoms with Gasteiger partial charge in [0.05, 0.1) is 19.3 Å². The molecule has 1 aliphatic heterocycles. The fraction of sp³-hybridized carbons (Fsp3) is 0.500. The maximum atomic E-state index is 10.2. The van der Waals surface area contributed by atoms with Crippen molar-refractivity contribution in [2.75, 3.05) is 43.9 Å². The third kappa shape index (κ3) is 5.42. The first-order valence-electron chi connectivity index (χ1n) is 7.97. The first-order valence-corrected chi connectivity index (χ1v) is 9.77. The average molecular weight is 367 g/mol. The number of aromatic nitrogens is 2. The zero-order valence-corrected chi connectivity index (χ0v) is 15.3. The zero-order chi connectivity index (χ0) is 16.8. The van der Waals surface area contributed by atoms with Gasteiger partial charge in [0.1, 0.15) is 0 Å². The molecule has 1 aliphatic rings. The van der Waals surface area contributed by atoms with E-state index in [1.807, 2.05) is 12.1 Å². The van der Waals surface area contributed by atoms with E-state index >= 15 is 0 Å². The lowest BCUT2D eigenvalue weighted by Gasteiger charge is -2.28. The minimum atomic E-state index is -0.370. The number of ether oxygens (including phenoxy) is 1. The Labute approximate surface area is 150 Å². The van der Waals surface area contributed by atoms with Crippen LogP contribution in [-0.4, -0.2) is 64.9 Å². The van der Waals surface area contributed by atoms with E-state index < -0.39 is 0 Å². The number of benzene rings is 1. The van der Waals surface area contributed by atoms with Gasteiger partial charge in [0.25, 0.3) is 0 Å². The normalized spacial score (nSPS) is 16.9. The van der Waals surface area contributed by atoms with Crippen molar-refractivity contribution in [2.24, 2.45) is 0 Å². The molecule has 0 amide bonds. The van der Waals surface area contributed by atoms with Crippen molar-refractivity contribution in [3.05, 3.63) is 29.8 Å². The monoisotopic (exact) mass is 366 g/mol. The van der Waals surface area contributed by atoms with Gasteiger partial charge in [0.15, 0.2) is 4.34 Å². The summed E-state index contributed by atoms with van der Waals surface area (Å²) < 4.78 is 6.18. The molecule has 1 fully saturated rings. The number of aliphatic hydroxyl groups excluding tert-OH is 1. The molecule has 1 atom stereocenters. The van der Waals surface area contributed by atoms with Crippen LogP contribution in [0.3, 0.4) is 0 Å². The molecule has 1 aromatic heterocycles. The summed E-state index contributed by atoms with van der Waals surface area (Å²) in [6.07, 6.45) is -0.370. The van der Waals surface area contributed by atoms with Crippen LogP contribution in [0.1, 0.15) is 5.56 Å². The van der Waals surface area contributed by atoms with E-state index in [-0.39, 0.29) is 6.10 Å². The molecule has 0 bridgehead atoms. The number of rotatable bonds is 7. The Kier molecular flexibility index (Phi) is 6.44. The summed E-state index contributed by atoms with van der Waals surface area (Å²) in [4.78, 5) is 2.24. The average Bonchev–Trinajstić information content (AvgIpc) is 3.01. The first-order chi connectivity index (χ1) is 11.7. The summed E-state index contributed by atoms with van der Waals surface area (Å²) in [5.74, 6) is 0.621. The summed E-state index contributed by atoms with van der Waals surface area (Å²) in [6, 6.07) is 8.15. The standard InChI is InChI=1S/C16H22N4O2S2/c1-12-3-2-4-13(9-12)17-15-18-19-16(24-15)23-11-14(21)10-20-5-7-22-8-6-20/h2-4,9,14,21H,5-8,10-11H2,1H3,(H,17,18). The predicted molar refractivity (Wildman–Crippen MR) is 98.4 cm³/mol.